The Kier molecular flexibility index (Phi) is 3.20. The molecule has 0 amide bonds. The van der Waals surface area contributed by atoms with Crippen LogP contribution in [-0.2, 0) is 19.5 Å². The zero-order valence-corrected chi connectivity index (χ0v) is 13.5. The number of hydrogen-bond donors (Lipinski definition) is 1. The van der Waals surface area contributed by atoms with E-state index in [1.165, 1.54) is 32.1 Å². The van der Waals surface area contributed by atoms with Crippen LogP contribution in [0.25, 0.3) is 5.65 Å². The topological polar surface area (TPSA) is 85.8 Å². The molecular weight excluding hydrogens is 304 g/mol. The highest BCUT2D eigenvalue weighted by atomic mass is 15.3. The Morgan fingerprint density at radius 2 is 2.04 bits per heavy atom. The number of nitrogens with one attached hydrogen (secondary N) is 1. The largest absolute Gasteiger partial charge is 0.360 e. The normalized spacial score (nSPS) is 17.7. The highest BCUT2D eigenvalue weighted by Crippen LogP contribution is 2.39. The van der Waals surface area contributed by atoms with Gasteiger partial charge >= 0.3 is 0 Å². The second kappa shape index (κ2) is 5.54. The number of rotatable bonds is 4. The molecule has 0 radical (unpaired) electrons. The lowest BCUT2D eigenvalue weighted by Crippen LogP contribution is -2.11. The number of hydrogen-bond acceptors (Lipinski definition) is 6. The summed E-state index contributed by atoms with van der Waals surface area (Å²) in [6.45, 7) is 1.61. The third kappa shape index (κ3) is 2.33. The lowest BCUT2D eigenvalue weighted by atomic mass is 10.2. The van der Waals surface area contributed by atoms with E-state index in [4.69, 9.17) is 0 Å². The van der Waals surface area contributed by atoms with Crippen LogP contribution in [0.3, 0.4) is 0 Å². The van der Waals surface area contributed by atoms with Gasteiger partial charge in [0, 0.05) is 31.3 Å². The summed E-state index contributed by atoms with van der Waals surface area (Å²) in [5.41, 5.74) is 0.787. The fourth-order valence-corrected chi connectivity index (χ4v) is 3.43. The van der Waals surface area contributed by atoms with E-state index in [2.05, 4.69) is 39.7 Å². The molecule has 0 atom stereocenters. The summed E-state index contributed by atoms with van der Waals surface area (Å²) in [5, 5.41) is 20.8. The predicted octanol–water partition coefficient (Wildman–Crippen LogP) is 1.93. The van der Waals surface area contributed by atoms with Crippen LogP contribution in [0.1, 0.15) is 55.5 Å². The van der Waals surface area contributed by atoms with Gasteiger partial charge < -0.3 is 9.88 Å². The molecule has 8 heteroatoms. The molecule has 2 aliphatic rings. The van der Waals surface area contributed by atoms with E-state index in [0.717, 1.165) is 41.9 Å². The molecule has 3 aromatic heterocycles. The lowest BCUT2D eigenvalue weighted by molar-refractivity contribution is 0.610. The Hall–Kier alpha value is -2.51. The lowest BCUT2D eigenvalue weighted by Gasteiger charge is -2.09. The Bertz CT molecular complexity index is 875. The fourth-order valence-electron chi connectivity index (χ4n) is 3.43. The monoisotopic (exact) mass is 324 g/mol. The molecule has 24 heavy (non-hydrogen) atoms. The average Bonchev–Trinajstić information content (AvgIpc) is 3.31. The van der Waals surface area contributed by atoms with Crippen LogP contribution in [-0.4, -0.2) is 34.3 Å². The van der Waals surface area contributed by atoms with E-state index in [0.29, 0.717) is 12.5 Å². The third-order valence-corrected chi connectivity index (χ3v) is 4.90. The van der Waals surface area contributed by atoms with Crippen molar-refractivity contribution in [2.75, 3.05) is 5.32 Å². The van der Waals surface area contributed by atoms with Gasteiger partial charge in [0.05, 0.1) is 6.54 Å². The third-order valence-electron chi connectivity index (χ3n) is 4.90. The minimum atomic E-state index is 0.558. The highest BCUT2D eigenvalue weighted by molar-refractivity contribution is 5.62. The summed E-state index contributed by atoms with van der Waals surface area (Å²) in [6, 6.07) is 0. The molecule has 1 N–H and O–H groups in total. The van der Waals surface area contributed by atoms with Gasteiger partial charge in [-0.1, -0.05) is 6.42 Å². The van der Waals surface area contributed by atoms with Gasteiger partial charge in [0.2, 0.25) is 5.65 Å². The molecule has 5 rings (SSSR count). The van der Waals surface area contributed by atoms with Crippen LogP contribution < -0.4 is 5.32 Å². The van der Waals surface area contributed by atoms with Gasteiger partial charge in [-0.25, -0.2) is 4.98 Å². The van der Waals surface area contributed by atoms with Gasteiger partial charge in [-0.15, -0.1) is 20.4 Å². The number of aryl methyl sites for hydroxylation is 1. The number of nitrogens with zero attached hydrogens (tertiary/aromatic N) is 7. The van der Waals surface area contributed by atoms with Crippen molar-refractivity contribution < 1.29 is 0 Å². The van der Waals surface area contributed by atoms with Crippen LogP contribution >= 0.6 is 0 Å². The van der Waals surface area contributed by atoms with Crippen molar-refractivity contribution in [3.05, 3.63) is 29.9 Å². The molecule has 0 spiro atoms. The first kappa shape index (κ1) is 13.9. The van der Waals surface area contributed by atoms with E-state index >= 15 is 0 Å². The predicted molar refractivity (Wildman–Crippen MR) is 87.7 cm³/mol. The van der Waals surface area contributed by atoms with E-state index < -0.39 is 0 Å². The molecule has 0 bridgehead atoms. The van der Waals surface area contributed by atoms with Gasteiger partial charge in [0.1, 0.15) is 11.6 Å². The first-order valence-electron chi connectivity index (χ1n) is 8.74. The van der Waals surface area contributed by atoms with Crippen molar-refractivity contribution in [3.8, 4) is 0 Å². The standard InChI is InChI=1S/C16H20N8/c1-2-4-12-19-20-13(23(12)8-3-1)10-18-14-16-22-21-15(11-5-6-11)24(16)9-7-17-14/h7,9,11H,1-6,8,10H2,(H,17,18). The molecule has 0 aromatic carbocycles. The van der Waals surface area contributed by atoms with Crippen molar-refractivity contribution in [2.45, 2.75) is 57.5 Å². The maximum atomic E-state index is 4.44. The highest BCUT2D eigenvalue weighted by Gasteiger charge is 2.29. The molecule has 0 unspecified atom stereocenters. The van der Waals surface area contributed by atoms with Crippen molar-refractivity contribution >= 4 is 11.5 Å². The first-order valence-corrected chi connectivity index (χ1v) is 8.74. The van der Waals surface area contributed by atoms with E-state index in [1.807, 2.05) is 6.20 Å². The van der Waals surface area contributed by atoms with E-state index in [1.54, 1.807) is 6.20 Å². The van der Waals surface area contributed by atoms with Gasteiger partial charge in [0.25, 0.3) is 0 Å². The fraction of sp³-hybridized carbons (Fsp3) is 0.562. The summed E-state index contributed by atoms with van der Waals surface area (Å²) in [6.07, 6.45) is 10.8. The maximum absolute atomic E-state index is 4.44. The summed E-state index contributed by atoms with van der Waals surface area (Å²) in [4.78, 5) is 4.44. The van der Waals surface area contributed by atoms with Crippen LogP contribution in [0.2, 0.25) is 0 Å². The van der Waals surface area contributed by atoms with Crippen molar-refractivity contribution in [1.82, 2.24) is 34.3 Å². The second-order valence-corrected chi connectivity index (χ2v) is 6.65. The Balaban J connectivity index is 1.41. The molecule has 124 valence electrons. The summed E-state index contributed by atoms with van der Waals surface area (Å²) < 4.78 is 4.30. The van der Waals surface area contributed by atoms with Crippen molar-refractivity contribution in [2.24, 2.45) is 0 Å². The summed E-state index contributed by atoms with van der Waals surface area (Å²) in [5.74, 6) is 4.43. The minimum Gasteiger partial charge on any atom is -0.360 e. The van der Waals surface area contributed by atoms with Gasteiger partial charge in [-0.2, -0.15) is 0 Å². The SMILES string of the molecule is c1cn2c(C3CC3)nnc2c(NCc2nnc3n2CCCCC3)n1. The summed E-state index contributed by atoms with van der Waals surface area (Å²) >= 11 is 0. The van der Waals surface area contributed by atoms with Gasteiger partial charge in [-0.05, 0) is 25.7 Å². The molecule has 4 heterocycles. The Morgan fingerprint density at radius 1 is 1.08 bits per heavy atom. The first-order chi connectivity index (χ1) is 11.9. The smallest absolute Gasteiger partial charge is 0.203 e. The van der Waals surface area contributed by atoms with E-state index in [9.17, 15) is 0 Å². The maximum Gasteiger partial charge on any atom is 0.203 e. The van der Waals surface area contributed by atoms with Crippen LogP contribution in [0, 0.1) is 0 Å². The number of fused-ring (bicyclic) bond motifs is 2. The Morgan fingerprint density at radius 3 is 2.96 bits per heavy atom. The molecule has 1 saturated carbocycles. The van der Waals surface area contributed by atoms with Gasteiger partial charge in [0.15, 0.2) is 11.6 Å². The number of anilines is 1. The van der Waals surface area contributed by atoms with Crippen molar-refractivity contribution in [3.63, 3.8) is 0 Å². The summed E-state index contributed by atoms with van der Waals surface area (Å²) in [7, 11) is 0. The van der Waals surface area contributed by atoms with Crippen LogP contribution in [0.5, 0.6) is 0 Å². The van der Waals surface area contributed by atoms with E-state index in [-0.39, 0.29) is 0 Å². The molecule has 1 aliphatic heterocycles. The minimum absolute atomic E-state index is 0.558. The number of aromatic nitrogens is 7. The molecule has 1 fully saturated rings. The molecule has 1 aliphatic carbocycles. The quantitative estimate of drug-likeness (QED) is 0.789. The second-order valence-electron chi connectivity index (χ2n) is 6.65. The van der Waals surface area contributed by atoms with Gasteiger partial charge in [-0.3, -0.25) is 4.40 Å². The zero-order chi connectivity index (χ0) is 15.9. The Labute approximate surface area is 139 Å². The van der Waals surface area contributed by atoms with Crippen molar-refractivity contribution in [1.29, 1.82) is 0 Å². The average molecular weight is 324 g/mol. The zero-order valence-electron chi connectivity index (χ0n) is 13.5. The van der Waals surface area contributed by atoms with Crippen LogP contribution in [0.15, 0.2) is 12.4 Å². The molecule has 3 aromatic rings. The molecular formula is C16H20N8. The molecule has 8 nitrogen and oxygen atoms in total. The van der Waals surface area contributed by atoms with Crippen LogP contribution in [0.4, 0.5) is 5.82 Å². The molecule has 0 saturated heterocycles.